The van der Waals surface area contributed by atoms with Crippen molar-refractivity contribution in [3.63, 3.8) is 0 Å². The van der Waals surface area contributed by atoms with Crippen LogP contribution in [-0.2, 0) is 10.3 Å². The molecule has 0 aromatic heterocycles. The van der Waals surface area contributed by atoms with Gasteiger partial charge in [0.05, 0.1) is 5.60 Å². The fraction of sp³-hybridized carbons (Fsp3) is 0.720. The van der Waals surface area contributed by atoms with E-state index in [1.165, 1.54) is 12.1 Å². The molecule has 0 spiro atoms. The van der Waals surface area contributed by atoms with Gasteiger partial charge < -0.3 is 25.4 Å². The molecule has 3 N–H and O–H groups in total. The van der Waals surface area contributed by atoms with E-state index in [1.807, 2.05) is 11.9 Å². The van der Waals surface area contributed by atoms with Crippen molar-refractivity contribution in [2.45, 2.75) is 64.0 Å². The number of methoxy groups -OCH3 is 1. The topological polar surface area (TPSA) is 73.8 Å². The quantitative estimate of drug-likeness (QED) is 0.422. The van der Waals surface area contributed by atoms with Crippen molar-refractivity contribution in [3.05, 3.63) is 35.6 Å². The van der Waals surface area contributed by atoms with Gasteiger partial charge in [0.25, 0.3) is 0 Å². The van der Waals surface area contributed by atoms with Gasteiger partial charge in [-0.3, -0.25) is 0 Å². The lowest BCUT2D eigenvalue weighted by atomic mass is 9.74. The Morgan fingerprint density at radius 1 is 1.38 bits per heavy atom. The van der Waals surface area contributed by atoms with Crippen LogP contribution in [0.1, 0.15) is 57.9 Å². The Balaban J connectivity index is 2.15. The second kappa shape index (κ2) is 13.1. The van der Waals surface area contributed by atoms with Crippen LogP contribution in [-0.4, -0.2) is 62.5 Å². The fourth-order valence-corrected chi connectivity index (χ4v) is 4.81. The maximum atomic E-state index is 14.0. The van der Waals surface area contributed by atoms with Crippen LogP contribution in [0.2, 0.25) is 0 Å². The smallest absolute Gasteiger partial charge is 0.317 e. The highest BCUT2D eigenvalue weighted by Crippen LogP contribution is 2.40. The monoisotopic (exact) mass is 451 g/mol. The van der Waals surface area contributed by atoms with Crippen LogP contribution < -0.4 is 10.6 Å². The number of ether oxygens (including phenoxy) is 1. The summed E-state index contributed by atoms with van der Waals surface area (Å²) >= 11 is 0. The minimum Gasteiger partial charge on any atom is -0.385 e. The van der Waals surface area contributed by atoms with Crippen molar-refractivity contribution < 1.29 is 19.0 Å². The van der Waals surface area contributed by atoms with Gasteiger partial charge in [0.1, 0.15) is 5.82 Å². The minimum atomic E-state index is -1.18. The number of hydrogen-bond acceptors (Lipinski definition) is 4. The first-order valence-electron chi connectivity index (χ1n) is 12.0. The number of hydrogen-bond donors (Lipinski definition) is 3. The fourth-order valence-electron chi connectivity index (χ4n) is 4.81. The van der Waals surface area contributed by atoms with Gasteiger partial charge >= 0.3 is 6.03 Å². The number of likely N-dealkylation sites (N-methyl/N-ethyl adjacent to an activating group) is 1. The summed E-state index contributed by atoms with van der Waals surface area (Å²) in [6, 6.07) is 6.24. The third-order valence-corrected chi connectivity index (χ3v) is 6.40. The molecule has 0 radical (unpaired) electrons. The van der Waals surface area contributed by atoms with Crippen LogP contribution in [0, 0.1) is 17.7 Å². The Kier molecular flexibility index (Phi) is 10.9. The molecule has 1 heterocycles. The van der Waals surface area contributed by atoms with Crippen molar-refractivity contribution in [2.24, 2.45) is 11.8 Å². The van der Waals surface area contributed by atoms with Gasteiger partial charge in [-0.05, 0) is 69.2 Å². The molecule has 1 aliphatic rings. The van der Waals surface area contributed by atoms with Crippen molar-refractivity contribution >= 4 is 6.03 Å². The van der Waals surface area contributed by atoms with Crippen LogP contribution >= 0.6 is 0 Å². The van der Waals surface area contributed by atoms with E-state index in [2.05, 4.69) is 24.5 Å². The molecule has 1 aromatic carbocycles. The lowest BCUT2D eigenvalue weighted by molar-refractivity contribution is -0.0565. The van der Waals surface area contributed by atoms with Gasteiger partial charge in [-0.25, -0.2) is 9.18 Å². The molecule has 1 aromatic rings. The van der Waals surface area contributed by atoms with Gasteiger partial charge in [-0.15, -0.1) is 0 Å². The summed E-state index contributed by atoms with van der Waals surface area (Å²) in [6.07, 6.45) is 4.61. The molecule has 0 bridgehead atoms. The summed E-state index contributed by atoms with van der Waals surface area (Å²) in [4.78, 5) is 14.9. The number of carbonyl (C=O) groups is 1. The zero-order valence-corrected chi connectivity index (χ0v) is 20.2. The normalized spacial score (nSPS) is 19.6. The molecular formula is C25H42FN3O3. The standard InChI is InChI=1S/C25H42FN3O3/c1-19(2)15-23(17-27-3)28-24(30)29-13-8-10-21(18-29)25(31,12-5-6-14-32-4)20-9-7-11-22(26)16-20/h7,9,11,16,19,21,23,27,31H,5-6,8,10,12-15,17-18H2,1-4H3,(H,28,30)/t21-,23+,25-/m1/s1. The number of rotatable bonds is 12. The molecule has 182 valence electrons. The number of piperidine rings is 1. The third kappa shape index (κ3) is 7.71. The van der Waals surface area contributed by atoms with Crippen molar-refractivity contribution in [2.75, 3.05) is 40.4 Å². The number of benzene rings is 1. The molecule has 6 nitrogen and oxygen atoms in total. The number of aliphatic hydroxyl groups is 1. The van der Waals surface area contributed by atoms with E-state index in [0.717, 1.165) is 32.1 Å². The van der Waals surface area contributed by atoms with E-state index in [-0.39, 0.29) is 23.8 Å². The highest BCUT2D eigenvalue weighted by atomic mass is 19.1. The van der Waals surface area contributed by atoms with Crippen molar-refractivity contribution in [1.29, 1.82) is 0 Å². The Hall–Kier alpha value is -1.70. The Morgan fingerprint density at radius 3 is 2.81 bits per heavy atom. The van der Waals surface area contributed by atoms with Gasteiger partial charge in [0.15, 0.2) is 0 Å². The second-order valence-electron chi connectivity index (χ2n) is 9.50. The van der Waals surface area contributed by atoms with Crippen LogP contribution in [0.5, 0.6) is 0 Å². The zero-order chi connectivity index (χ0) is 23.6. The Bertz CT molecular complexity index is 703. The molecule has 3 atom stereocenters. The Labute approximate surface area is 192 Å². The van der Waals surface area contributed by atoms with E-state index in [9.17, 15) is 14.3 Å². The number of halogens is 1. The summed E-state index contributed by atoms with van der Waals surface area (Å²) in [7, 11) is 3.55. The van der Waals surface area contributed by atoms with Crippen molar-refractivity contribution in [3.8, 4) is 0 Å². The van der Waals surface area contributed by atoms with E-state index in [4.69, 9.17) is 4.74 Å². The average molecular weight is 452 g/mol. The first kappa shape index (κ1) is 26.6. The summed E-state index contributed by atoms with van der Waals surface area (Å²) in [5, 5.41) is 18.2. The van der Waals surface area contributed by atoms with Gasteiger partial charge in [0, 0.05) is 45.3 Å². The first-order valence-corrected chi connectivity index (χ1v) is 12.0. The predicted molar refractivity (Wildman–Crippen MR) is 126 cm³/mol. The highest BCUT2D eigenvalue weighted by molar-refractivity contribution is 5.74. The number of carbonyl (C=O) groups excluding carboxylic acids is 1. The largest absolute Gasteiger partial charge is 0.385 e. The molecular weight excluding hydrogens is 409 g/mol. The van der Waals surface area contributed by atoms with Crippen LogP contribution in [0.3, 0.4) is 0 Å². The van der Waals surface area contributed by atoms with Crippen molar-refractivity contribution in [1.82, 2.24) is 15.5 Å². The molecule has 0 saturated carbocycles. The average Bonchev–Trinajstić information content (AvgIpc) is 2.76. The number of nitrogens with zero attached hydrogens (tertiary/aromatic N) is 1. The molecule has 1 saturated heterocycles. The number of urea groups is 1. The lowest BCUT2D eigenvalue weighted by Crippen LogP contribution is -2.53. The molecule has 1 aliphatic heterocycles. The van der Waals surface area contributed by atoms with E-state index in [0.29, 0.717) is 44.1 Å². The van der Waals surface area contributed by atoms with E-state index < -0.39 is 5.60 Å². The summed E-state index contributed by atoms with van der Waals surface area (Å²) in [5.41, 5.74) is -0.591. The Morgan fingerprint density at radius 2 is 2.16 bits per heavy atom. The van der Waals surface area contributed by atoms with E-state index >= 15 is 0 Å². The molecule has 32 heavy (non-hydrogen) atoms. The number of nitrogens with one attached hydrogen (secondary N) is 2. The maximum absolute atomic E-state index is 14.0. The van der Waals surface area contributed by atoms with Gasteiger partial charge in [0.2, 0.25) is 0 Å². The second-order valence-corrected chi connectivity index (χ2v) is 9.50. The molecule has 7 heteroatoms. The summed E-state index contributed by atoms with van der Waals surface area (Å²) in [6.45, 7) is 6.76. The molecule has 0 aliphatic carbocycles. The molecule has 2 rings (SSSR count). The molecule has 1 fully saturated rings. The van der Waals surface area contributed by atoms with Gasteiger partial charge in [-0.2, -0.15) is 0 Å². The third-order valence-electron chi connectivity index (χ3n) is 6.40. The highest BCUT2D eigenvalue weighted by Gasteiger charge is 2.41. The lowest BCUT2D eigenvalue weighted by Gasteiger charge is -2.43. The van der Waals surface area contributed by atoms with Crippen LogP contribution in [0.4, 0.5) is 9.18 Å². The van der Waals surface area contributed by atoms with Crippen LogP contribution in [0.25, 0.3) is 0 Å². The SMILES string of the molecule is CNC[C@H](CC(C)C)NC(=O)N1CCC[C@@H]([C@@](O)(CCCCOC)c2cccc(F)c2)C1. The molecule has 0 unspecified atom stereocenters. The predicted octanol–water partition coefficient (Wildman–Crippen LogP) is 3.89. The summed E-state index contributed by atoms with van der Waals surface area (Å²) < 4.78 is 19.2. The summed E-state index contributed by atoms with van der Waals surface area (Å²) in [5.74, 6) is -0.0288. The zero-order valence-electron chi connectivity index (χ0n) is 20.2. The minimum absolute atomic E-state index is 0.0593. The van der Waals surface area contributed by atoms with E-state index in [1.54, 1.807) is 19.2 Å². The number of amides is 2. The number of likely N-dealkylation sites (tertiary alicyclic amines) is 1. The van der Waals surface area contributed by atoms with Crippen LogP contribution in [0.15, 0.2) is 24.3 Å². The first-order chi connectivity index (χ1) is 15.3. The molecule has 2 amide bonds. The van der Waals surface area contributed by atoms with Gasteiger partial charge in [-0.1, -0.05) is 26.0 Å². The maximum Gasteiger partial charge on any atom is 0.317 e. The number of unbranched alkanes of at least 4 members (excludes halogenated alkanes) is 1.